The van der Waals surface area contributed by atoms with E-state index in [-0.39, 0.29) is 11.5 Å². The highest BCUT2D eigenvalue weighted by molar-refractivity contribution is 7.90. The third-order valence-electron chi connectivity index (χ3n) is 1.95. The van der Waals surface area contributed by atoms with Gasteiger partial charge in [-0.2, -0.15) is 0 Å². The average Bonchev–Trinajstić information content (AvgIpc) is 2.02. The van der Waals surface area contributed by atoms with E-state index in [1.807, 2.05) is 0 Å². The predicted molar refractivity (Wildman–Crippen MR) is 44.3 cm³/mol. The SMILES string of the molecule is O=S1(=O)CCc2n[c]ccc2C1. The summed E-state index contributed by atoms with van der Waals surface area (Å²) in [6.45, 7) is 0. The van der Waals surface area contributed by atoms with Crippen LogP contribution >= 0.6 is 0 Å². The zero-order valence-corrected chi connectivity index (χ0v) is 7.26. The van der Waals surface area contributed by atoms with Crippen molar-refractivity contribution >= 4 is 9.84 Å². The third kappa shape index (κ3) is 1.34. The Morgan fingerprint density at radius 1 is 1.50 bits per heavy atom. The largest absolute Gasteiger partial charge is 0.251 e. The number of sulfone groups is 1. The highest BCUT2D eigenvalue weighted by Crippen LogP contribution is 2.17. The first-order valence-corrected chi connectivity index (χ1v) is 5.55. The summed E-state index contributed by atoms with van der Waals surface area (Å²) in [5, 5.41) is 0. The Balaban J connectivity index is 2.48. The topological polar surface area (TPSA) is 47.0 Å². The van der Waals surface area contributed by atoms with E-state index in [1.54, 1.807) is 12.1 Å². The summed E-state index contributed by atoms with van der Waals surface area (Å²) in [5.41, 5.74) is 1.72. The van der Waals surface area contributed by atoms with Crippen molar-refractivity contribution in [1.82, 2.24) is 4.98 Å². The Morgan fingerprint density at radius 3 is 3.17 bits per heavy atom. The monoisotopic (exact) mass is 182 g/mol. The zero-order valence-electron chi connectivity index (χ0n) is 6.45. The predicted octanol–water partition coefficient (Wildman–Crippen LogP) is 0.353. The van der Waals surface area contributed by atoms with Gasteiger partial charge in [0.05, 0.1) is 17.7 Å². The number of hydrogen-bond acceptors (Lipinski definition) is 3. The second-order valence-electron chi connectivity index (χ2n) is 2.89. The van der Waals surface area contributed by atoms with E-state index >= 15 is 0 Å². The first kappa shape index (κ1) is 7.73. The van der Waals surface area contributed by atoms with Gasteiger partial charge in [0.2, 0.25) is 0 Å². The van der Waals surface area contributed by atoms with Gasteiger partial charge in [-0.25, -0.2) is 8.42 Å². The molecule has 63 valence electrons. The number of aryl methyl sites for hydroxylation is 1. The molecule has 0 aromatic carbocycles. The fraction of sp³-hybridized carbons (Fsp3) is 0.375. The zero-order chi connectivity index (χ0) is 8.60. The van der Waals surface area contributed by atoms with Crippen LogP contribution < -0.4 is 0 Å². The number of hydrogen-bond donors (Lipinski definition) is 0. The molecule has 1 aromatic rings. The Labute approximate surface area is 71.4 Å². The maximum absolute atomic E-state index is 11.2. The summed E-state index contributed by atoms with van der Waals surface area (Å²) < 4.78 is 22.4. The van der Waals surface area contributed by atoms with Gasteiger partial charge in [-0.15, -0.1) is 0 Å². The lowest BCUT2D eigenvalue weighted by Crippen LogP contribution is -2.19. The molecular weight excluding hydrogens is 174 g/mol. The van der Waals surface area contributed by atoms with Gasteiger partial charge in [-0.05, 0) is 11.6 Å². The van der Waals surface area contributed by atoms with Crippen LogP contribution in [0.15, 0.2) is 12.1 Å². The molecule has 1 aliphatic rings. The summed E-state index contributed by atoms with van der Waals surface area (Å²) in [4.78, 5) is 4.00. The van der Waals surface area contributed by atoms with E-state index in [9.17, 15) is 8.42 Å². The Morgan fingerprint density at radius 2 is 2.33 bits per heavy atom. The van der Waals surface area contributed by atoms with Crippen LogP contribution in [0.2, 0.25) is 0 Å². The molecule has 0 unspecified atom stereocenters. The lowest BCUT2D eigenvalue weighted by atomic mass is 10.2. The molecule has 0 spiro atoms. The maximum atomic E-state index is 11.2. The van der Waals surface area contributed by atoms with Crippen LogP contribution in [-0.4, -0.2) is 19.2 Å². The van der Waals surface area contributed by atoms with Crippen molar-refractivity contribution in [3.05, 3.63) is 29.6 Å². The Bertz CT molecular complexity index is 397. The van der Waals surface area contributed by atoms with Gasteiger partial charge in [0.1, 0.15) is 0 Å². The van der Waals surface area contributed by atoms with Crippen LogP contribution in [0, 0.1) is 6.20 Å². The first-order valence-electron chi connectivity index (χ1n) is 3.73. The summed E-state index contributed by atoms with van der Waals surface area (Å²) in [7, 11) is -2.85. The molecule has 2 rings (SSSR count). The summed E-state index contributed by atoms with van der Waals surface area (Å²) in [6.07, 6.45) is 3.24. The van der Waals surface area contributed by atoms with E-state index in [0.717, 1.165) is 11.3 Å². The summed E-state index contributed by atoms with van der Waals surface area (Å²) >= 11 is 0. The van der Waals surface area contributed by atoms with Crippen molar-refractivity contribution < 1.29 is 8.42 Å². The molecule has 0 amide bonds. The summed E-state index contributed by atoms with van der Waals surface area (Å²) in [5.74, 6) is 0.370. The Kier molecular flexibility index (Phi) is 1.65. The van der Waals surface area contributed by atoms with Gasteiger partial charge in [-0.1, -0.05) is 6.07 Å². The van der Waals surface area contributed by atoms with Crippen molar-refractivity contribution in [1.29, 1.82) is 0 Å². The molecule has 1 aliphatic heterocycles. The van der Waals surface area contributed by atoms with Crippen LogP contribution in [0.4, 0.5) is 0 Å². The molecule has 1 radical (unpaired) electrons. The highest BCUT2D eigenvalue weighted by Gasteiger charge is 2.21. The fourth-order valence-electron chi connectivity index (χ4n) is 1.33. The van der Waals surface area contributed by atoms with Gasteiger partial charge in [0, 0.05) is 12.1 Å². The van der Waals surface area contributed by atoms with Gasteiger partial charge >= 0.3 is 0 Å². The van der Waals surface area contributed by atoms with Crippen LogP contribution in [0.25, 0.3) is 0 Å². The van der Waals surface area contributed by atoms with E-state index in [1.165, 1.54) is 0 Å². The maximum Gasteiger partial charge on any atom is 0.154 e. The first-order chi connectivity index (χ1) is 5.67. The van der Waals surface area contributed by atoms with Crippen LogP contribution in [-0.2, 0) is 22.0 Å². The summed E-state index contributed by atoms with van der Waals surface area (Å²) in [6, 6.07) is 3.43. The molecule has 12 heavy (non-hydrogen) atoms. The van der Waals surface area contributed by atoms with Crippen molar-refractivity contribution in [2.75, 3.05) is 5.75 Å². The number of rotatable bonds is 0. The van der Waals surface area contributed by atoms with Crippen LogP contribution in [0.5, 0.6) is 0 Å². The number of nitrogens with zero attached hydrogens (tertiary/aromatic N) is 1. The minimum atomic E-state index is -2.85. The quantitative estimate of drug-likeness (QED) is 0.581. The Hall–Kier alpha value is -0.900. The van der Waals surface area contributed by atoms with Crippen molar-refractivity contribution in [2.24, 2.45) is 0 Å². The number of aromatic nitrogens is 1. The van der Waals surface area contributed by atoms with Gasteiger partial charge in [0.15, 0.2) is 9.84 Å². The van der Waals surface area contributed by atoms with E-state index < -0.39 is 9.84 Å². The minimum Gasteiger partial charge on any atom is -0.251 e. The second-order valence-corrected chi connectivity index (χ2v) is 5.07. The molecular formula is C8H8NO2S. The fourth-order valence-corrected chi connectivity index (χ4v) is 2.72. The van der Waals surface area contributed by atoms with Crippen molar-refractivity contribution in [3.8, 4) is 0 Å². The normalized spacial score (nSPS) is 20.0. The molecule has 0 fully saturated rings. The van der Waals surface area contributed by atoms with E-state index in [2.05, 4.69) is 11.2 Å². The molecule has 0 atom stereocenters. The molecule has 0 bridgehead atoms. The highest BCUT2D eigenvalue weighted by atomic mass is 32.2. The number of pyridine rings is 1. The van der Waals surface area contributed by atoms with Crippen LogP contribution in [0.3, 0.4) is 0 Å². The molecule has 2 heterocycles. The molecule has 4 heteroatoms. The van der Waals surface area contributed by atoms with Gasteiger partial charge in [0.25, 0.3) is 0 Å². The molecule has 0 N–H and O–H groups in total. The second kappa shape index (κ2) is 2.55. The van der Waals surface area contributed by atoms with Gasteiger partial charge < -0.3 is 0 Å². The third-order valence-corrected chi connectivity index (χ3v) is 3.53. The van der Waals surface area contributed by atoms with Crippen molar-refractivity contribution in [3.63, 3.8) is 0 Å². The lowest BCUT2D eigenvalue weighted by Gasteiger charge is -2.13. The standard InChI is InChI=1S/C8H8NO2S/c10-12(11)5-3-8-7(6-12)2-1-4-9-8/h1-2H,3,5-6H2. The van der Waals surface area contributed by atoms with E-state index in [4.69, 9.17) is 0 Å². The molecule has 0 aliphatic carbocycles. The average molecular weight is 182 g/mol. The van der Waals surface area contributed by atoms with Crippen molar-refractivity contribution in [2.45, 2.75) is 12.2 Å². The molecule has 3 nitrogen and oxygen atoms in total. The molecule has 1 aromatic heterocycles. The van der Waals surface area contributed by atoms with E-state index in [0.29, 0.717) is 6.42 Å². The van der Waals surface area contributed by atoms with Gasteiger partial charge in [-0.3, -0.25) is 4.98 Å². The number of fused-ring (bicyclic) bond motifs is 1. The lowest BCUT2D eigenvalue weighted by molar-refractivity contribution is 0.590. The molecule has 0 saturated heterocycles. The van der Waals surface area contributed by atoms with Crippen LogP contribution in [0.1, 0.15) is 11.3 Å². The molecule has 0 saturated carbocycles. The minimum absolute atomic E-state index is 0.143. The smallest absolute Gasteiger partial charge is 0.154 e.